The monoisotopic (exact) mass is 566 g/mol. The summed E-state index contributed by atoms with van der Waals surface area (Å²) >= 11 is 0. The number of hydrogen-bond acceptors (Lipinski definition) is 6. The van der Waals surface area contributed by atoms with Crippen molar-refractivity contribution < 1.29 is 36.6 Å². The highest BCUT2D eigenvalue weighted by molar-refractivity contribution is 5.91. The summed E-state index contributed by atoms with van der Waals surface area (Å²) < 4.78 is 70.5. The summed E-state index contributed by atoms with van der Waals surface area (Å²) in [5.41, 5.74) is 2.82. The highest BCUT2D eigenvalue weighted by Crippen LogP contribution is 2.36. The maximum absolute atomic E-state index is 14.9. The first kappa shape index (κ1) is 28.4. The number of hydrogen-bond donors (Lipinski definition) is 1. The minimum Gasteiger partial charge on any atom is -0.473 e. The third-order valence-electron chi connectivity index (χ3n) is 7.59. The van der Waals surface area contributed by atoms with Crippen molar-refractivity contribution in [3.8, 4) is 17.0 Å². The van der Waals surface area contributed by atoms with Crippen LogP contribution in [-0.2, 0) is 9.47 Å². The normalized spacial score (nSPS) is 20.6. The first-order valence-corrected chi connectivity index (χ1v) is 13.7. The van der Waals surface area contributed by atoms with Crippen LogP contribution in [0.3, 0.4) is 0 Å². The number of ether oxygens (including phenoxy) is 3. The molecule has 1 atom stereocenters. The van der Waals surface area contributed by atoms with E-state index in [0.717, 1.165) is 24.1 Å². The molecule has 218 valence electrons. The quantitative estimate of drug-likeness (QED) is 0.473. The molecule has 4 heterocycles. The Labute approximate surface area is 230 Å². The van der Waals surface area contributed by atoms with E-state index >= 15 is 0 Å². The second-order valence-corrected chi connectivity index (χ2v) is 10.6. The van der Waals surface area contributed by atoms with Crippen LogP contribution in [0.2, 0.25) is 0 Å². The number of urea groups is 1. The molecular weight excluding hydrogens is 532 g/mol. The molecule has 8 nitrogen and oxygen atoms in total. The number of nitrogens with zero attached hydrogens (tertiary/aromatic N) is 3. The molecular formula is C28H34F4N4O4. The van der Waals surface area contributed by atoms with Gasteiger partial charge in [-0.2, -0.15) is 13.2 Å². The van der Waals surface area contributed by atoms with Crippen molar-refractivity contribution in [2.45, 2.75) is 44.9 Å². The SMILES string of the molecule is Cc1cc(F)c(NC(=O)N2CC[C@H](CC(F)(F)F)C2)cc1-c1cnc(OC2CCOCC2)c(N2CCOCC2)c1. The van der Waals surface area contributed by atoms with Crippen molar-refractivity contribution in [2.24, 2.45) is 5.92 Å². The van der Waals surface area contributed by atoms with Gasteiger partial charge in [0.05, 0.1) is 32.1 Å². The number of alkyl halides is 3. The first-order valence-electron chi connectivity index (χ1n) is 13.7. The molecule has 0 aliphatic carbocycles. The van der Waals surface area contributed by atoms with E-state index in [1.807, 2.05) is 6.07 Å². The van der Waals surface area contributed by atoms with Gasteiger partial charge >= 0.3 is 12.2 Å². The summed E-state index contributed by atoms with van der Waals surface area (Å²) in [5, 5.41) is 2.56. The number of amides is 2. The van der Waals surface area contributed by atoms with Crippen molar-refractivity contribution >= 4 is 17.4 Å². The Morgan fingerprint density at radius 3 is 2.52 bits per heavy atom. The van der Waals surface area contributed by atoms with Crippen LogP contribution >= 0.6 is 0 Å². The van der Waals surface area contributed by atoms with Gasteiger partial charge in [0.2, 0.25) is 5.88 Å². The van der Waals surface area contributed by atoms with Crippen LogP contribution in [0.4, 0.5) is 33.7 Å². The van der Waals surface area contributed by atoms with Crippen LogP contribution in [-0.4, -0.2) is 80.8 Å². The van der Waals surface area contributed by atoms with Gasteiger partial charge in [-0.05, 0) is 48.6 Å². The van der Waals surface area contributed by atoms with Crippen molar-refractivity contribution in [3.63, 3.8) is 0 Å². The smallest absolute Gasteiger partial charge is 0.389 e. The summed E-state index contributed by atoms with van der Waals surface area (Å²) in [6, 6.07) is 4.22. The molecule has 0 unspecified atom stereocenters. The number of benzene rings is 1. The minimum atomic E-state index is -4.28. The molecule has 1 aromatic heterocycles. The second-order valence-electron chi connectivity index (χ2n) is 10.6. The zero-order chi connectivity index (χ0) is 28.3. The van der Waals surface area contributed by atoms with Gasteiger partial charge in [-0.15, -0.1) is 0 Å². The first-order chi connectivity index (χ1) is 19.2. The van der Waals surface area contributed by atoms with Crippen molar-refractivity contribution in [1.82, 2.24) is 9.88 Å². The Hall–Kier alpha value is -3.12. The van der Waals surface area contributed by atoms with Crippen LogP contribution in [0.5, 0.6) is 5.88 Å². The molecule has 0 spiro atoms. The fourth-order valence-electron chi connectivity index (χ4n) is 5.45. The third-order valence-corrected chi connectivity index (χ3v) is 7.59. The molecule has 3 aliphatic rings. The molecule has 2 amide bonds. The van der Waals surface area contributed by atoms with Gasteiger partial charge in [-0.3, -0.25) is 0 Å². The van der Waals surface area contributed by atoms with Crippen molar-refractivity contribution in [2.75, 3.05) is 62.8 Å². The van der Waals surface area contributed by atoms with Gasteiger partial charge in [-0.25, -0.2) is 14.2 Å². The molecule has 12 heteroatoms. The highest BCUT2D eigenvalue weighted by Gasteiger charge is 2.36. The number of halogens is 4. The maximum Gasteiger partial charge on any atom is 0.389 e. The number of nitrogens with one attached hydrogen (secondary N) is 1. The molecule has 0 radical (unpaired) electrons. The van der Waals surface area contributed by atoms with Gasteiger partial charge < -0.3 is 29.3 Å². The molecule has 0 bridgehead atoms. The average molecular weight is 567 g/mol. The van der Waals surface area contributed by atoms with Crippen LogP contribution in [0.25, 0.3) is 11.1 Å². The lowest BCUT2D eigenvalue weighted by molar-refractivity contribution is -0.143. The highest BCUT2D eigenvalue weighted by atomic mass is 19.4. The lowest BCUT2D eigenvalue weighted by Crippen LogP contribution is -2.37. The fourth-order valence-corrected chi connectivity index (χ4v) is 5.45. The molecule has 5 rings (SSSR count). The van der Waals surface area contributed by atoms with Crippen molar-refractivity contribution in [3.05, 3.63) is 35.8 Å². The standard InChI is InChI=1S/C28H34F4N4O4/c1-18-12-23(29)24(34-27(37)36-5-2-19(17-36)15-28(30,31)32)14-22(18)20-13-25(35-6-10-39-11-7-35)26(33-16-20)40-21-3-8-38-9-4-21/h12-14,16,19,21H,2-11,15,17H2,1H3,(H,34,37)/t19-/m1/s1. The number of likely N-dealkylation sites (tertiary alicyclic amines) is 1. The molecule has 1 aromatic carbocycles. The Morgan fingerprint density at radius 1 is 1.07 bits per heavy atom. The third kappa shape index (κ3) is 6.95. The van der Waals surface area contributed by atoms with Crippen LogP contribution in [0.1, 0.15) is 31.2 Å². The van der Waals surface area contributed by atoms with Crippen LogP contribution in [0, 0.1) is 18.7 Å². The summed E-state index contributed by atoms with van der Waals surface area (Å²) in [6.07, 6.45) is -1.73. The Balaban J connectivity index is 1.37. The van der Waals surface area contributed by atoms with Gasteiger partial charge in [0.25, 0.3) is 0 Å². The fraction of sp³-hybridized carbons (Fsp3) is 0.571. The molecule has 0 saturated carbocycles. The summed E-state index contributed by atoms with van der Waals surface area (Å²) in [6.45, 7) is 5.71. The Bertz CT molecular complexity index is 1200. The van der Waals surface area contributed by atoms with E-state index in [1.165, 1.54) is 11.0 Å². The maximum atomic E-state index is 14.9. The summed E-state index contributed by atoms with van der Waals surface area (Å²) in [5.74, 6) is -0.759. The lowest BCUT2D eigenvalue weighted by atomic mass is 10.00. The van der Waals surface area contributed by atoms with Gasteiger partial charge in [0, 0.05) is 57.2 Å². The molecule has 1 N–H and O–H groups in total. The van der Waals surface area contributed by atoms with E-state index in [0.29, 0.717) is 56.5 Å². The predicted octanol–water partition coefficient (Wildman–Crippen LogP) is 5.40. The molecule has 2 aromatic rings. The number of carbonyl (C=O) groups excluding carboxylic acids is 1. The van der Waals surface area contributed by atoms with Crippen molar-refractivity contribution in [1.29, 1.82) is 0 Å². The number of pyridine rings is 1. The zero-order valence-corrected chi connectivity index (χ0v) is 22.4. The zero-order valence-electron chi connectivity index (χ0n) is 22.4. The van der Waals surface area contributed by atoms with E-state index in [4.69, 9.17) is 14.2 Å². The van der Waals surface area contributed by atoms with E-state index < -0.39 is 30.4 Å². The van der Waals surface area contributed by atoms with E-state index in [-0.39, 0.29) is 31.3 Å². The number of rotatable bonds is 6. The van der Waals surface area contributed by atoms with Crippen LogP contribution in [0.15, 0.2) is 24.4 Å². The van der Waals surface area contributed by atoms with Gasteiger partial charge in [-0.1, -0.05) is 0 Å². The number of aryl methyl sites for hydroxylation is 1. The Kier molecular flexibility index (Phi) is 8.65. The van der Waals surface area contributed by atoms with E-state index in [2.05, 4.69) is 15.2 Å². The van der Waals surface area contributed by atoms with E-state index in [1.54, 1.807) is 19.2 Å². The summed E-state index contributed by atoms with van der Waals surface area (Å²) in [7, 11) is 0. The molecule has 3 fully saturated rings. The largest absolute Gasteiger partial charge is 0.473 e. The van der Waals surface area contributed by atoms with E-state index in [9.17, 15) is 22.4 Å². The Morgan fingerprint density at radius 2 is 1.80 bits per heavy atom. The predicted molar refractivity (Wildman–Crippen MR) is 141 cm³/mol. The second kappa shape index (κ2) is 12.2. The topological polar surface area (TPSA) is 76.2 Å². The lowest BCUT2D eigenvalue weighted by Gasteiger charge is -2.31. The molecule has 40 heavy (non-hydrogen) atoms. The van der Waals surface area contributed by atoms with Gasteiger partial charge in [0.1, 0.15) is 17.6 Å². The number of morpholine rings is 1. The van der Waals surface area contributed by atoms with Crippen LogP contribution < -0.4 is 15.0 Å². The van der Waals surface area contributed by atoms with Gasteiger partial charge in [0.15, 0.2) is 0 Å². The number of carbonyl (C=O) groups is 1. The number of anilines is 2. The average Bonchev–Trinajstić information content (AvgIpc) is 3.39. The molecule has 3 saturated heterocycles. The minimum absolute atomic E-state index is 0.00239. The number of aromatic nitrogens is 1. The summed E-state index contributed by atoms with van der Waals surface area (Å²) in [4.78, 5) is 20.9. The molecule has 3 aliphatic heterocycles.